The summed E-state index contributed by atoms with van der Waals surface area (Å²) in [7, 11) is 0. The molecule has 29 heavy (non-hydrogen) atoms. The fraction of sp³-hybridized carbons (Fsp3) is 0.250. The highest BCUT2D eigenvalue weighted by Crippen LogP contribution is 2.32. The molecule has 0 saturated heterocycles. The zero-order valence-corrected chi connectivity index (χ0v) is 16.6. The minimum absolute atomic E-state index is 0.0784. The third kappa shape index (κ3) is 4.24. The Balaban J connectivity index is 1.40. The number of ether oxygens (including phenoxy) is 2. The van der Waals surface area contributed by atoms with Gasteiger partial charge in [0.05, 0.1) is 10.6 Å². The molecular weight excluding hydrogens is 392 g/mol. The van der Waals surface area contributed by atoms with E-state index < -0.39 is 0 Å². The van der Waals surface area contributed by atoms with Gasteiger partial charge in [-0.1, -0.05) is 6.07 Å². The summed E-state index contributed by atoms with van der Waals surface area (Å²) >= 11 is 1.56. The third-order valence-corrected chi connectivity index (χ3v) is 5.32. The molecule has 0 fully saturated rings. The summed E-state index contributed by atoms with van der Waals surface area (Å²) < 4.78 is 11.0. The standard InChI is InChI=1S/C20H20N4O4S/c1-2-24(20(26)15-11-14(22-23-15)18-4-3-9-29-18)12-19(25)21-13-5-6-16-17(10-13)28-8-7-27-16/h3-6,9-11H,2,7-8,12H2,1H3,(H,21,25)(H,22,23). The Hall–Kier alpha value is -3.33. The molecule has 2 N–H and O–H groups in total. The third-order valence-electron chi connectivity index (χ3n) is 4.41. The highest BCUT2D eigenvalue weighted by atomic mass is 32.1. The second-order valence-corrected chi connectivity index (χ2v) is 7.32. The number of hydrogen-bond donors (Lipinski definition) is 2. The Morgan fingerprint density at radius 1 is 1.21 bits per heavy atom. The van der Waals surface area contributed by atoms with Crippen LogP contribution in [0.15, 0.2) is 41.8 Å². The number of H-pyrrole nitrogens is 1. The summed E-state index contributed by atoms with van der Waals surface area (Å²) in [5, 5.41) is 11.7. The zero-order valence-electron chi connectivity index (χ0n) is 15.8. The van der Waals surface area contributed by atoms with Crippen molar-refractivity contribution in [2.45, 2.75) is 6.92 Å². The van der Waals surface area contributed by atoms with E-state index in [0.717, 1.165) is 10.6 Å². The van der Waals surface area contributed by atoms with Crippen molar-refractivity contribution in [3.8, 4) is 22.1 Å². The summed E-state index contributed by atoms with van der Waals surface area (Å²) in [5.41, 5.74) is 1.64. The predicted molar refractivity (Wildman–Crippen MR) is 110 cm³/mol. The lowest BCUT2D eigenvalue weighted by molar-refractivity contribution is -0.116. The number of carbonyl (C=O) groups excluding carboxylic acids is 2. The summed E-state index contributed by atoms with van der Waals surface area (Å²) in [6.45, 7) is 3.11. The first-order chi connectivity index (χ1) is 14.1. The molecule has 2 aromatic heterocycles. The fourth-order valence-electron chi connectivity index (χ4n) is 2.97. The quantitative estimate of drug-likeness (QED) is 0.649. The lowest BCUT2D eigenvalue weighted by atomic mass is 10.2. The maximum Gasteiger partial charge on any atom is 0.274 e. The molecule has 1 aliphatic rings. The van der Waals surface area contributed by atoms with Crippen molar-refractivity contribution in [2.75, 3.05) is 31.6 Å². The monoisotopic (exact) mass is 412 g/mol. The van der Waals surface area contributed by atoms with Crippen LogP contribution in [-0.4, -0.2) is 53.2 Å². The summed E-state index contributed by atoms with van der Waals surface area (Å²) in [6, 6.07) is 10.8. The average molecular weight is 412 g/mol. The Bertz CT molecular complexity index is 1020. The van der Waals surface area contributed by atoms with Gasteiger partial charge in [-0.25, -0.2) is 0 Å². The van der Waals surface area contributed by atoms with Gasteiger partial charge in [-0.05, 0) is 36.6 Å². The van der Waals surface area contributed by atoms with E-state index in [1.54, 1.807) is 35.6 Å². The molecule has 8 nitrogen and oxygen atoms in total. The number of rotatable bonds is 6. The van der Waals surface area contributed by atoms with Crippen molar-refractivity contribution in [1.82, 2.24) is 15.1 Å². The molecule has 3 heterocycles. The second kappa shape index (κ2) is 8.36. The highest BCUT2D eigenvalue weighted by Gasteiger charge is 2.21. The SMILES string of the molecule is CCN(CC(=O)Nc1ccc2c(c1)OCCO2)C(=O)c1cc(-c2cccs2)[nH]n1. The predicted octanol–water partition coefficient (Wildman–Crippen LogP) is 3.01. The summed E-state index contributed by atoms with van der Waals surface area (Å²) in [6.07, 6.45) is 0. The van der Waals surface area contributed by atoms with E-state index >= 15 is 0 Å². The molecule has 1 aromatic carbocycles. The van der Waals surface area contributed by atoms with Crippen LogP contribution in [0.4, 0.5) is 5.69 Å². The number of nitrogens with zero attached hydrogens (tertiary/aromatic N) is 2. The van der Waals surface area contributed by atoms with E-state index in [9.17, 15) is 9.59 Å². The van der Waals surface area contributed by atoms with Crippen LogP contribution < -0.4 is 14.8 Å². The molecule has 4 rings (SSSR count). The van der Waals surface area contributed by atoms with Gasteiger partial charge in [0.1, 0.15) is 19.8 Å². The van der Waals surface area contributed by atoms with Crippen molar-refractivity contribution >= 4 is 28.8 Å². The Labute approximate surface area is 171 Å². The zero-order chi connectivity index (χ0) is 20.2. The molecule has 0 spiro atoms. The lowest BCUT2D eigenvalue weighted by Gasteiger charge is -2.21. The van der Waals surface area contributed by atoms with Crippen LogP contribution in [0.1, 0.15) is 17.4 Å². The van der Waals surface area contributed by atoms with E-state index in [1.807, 2.05) is 24.4 Å². The van der Waals surface area contributed by atoms with Gasteiger partial charge in [0.25, 0.3) is 5.91 Å². The maximum atomic E-state index is 12.8. The molecule has 1 aliphatic heterocycles. The molecule has 0 saturated carbocycles. The van der Waals surface area contributed by atoms with Gasteiger partial charge in [0.2, 0.25) is 5.91 Å². The Kier molecular flexibility index (Phi) is 5.48. The number of benzene rings is 1. The number of amides is 2. The number of likely N-dealkylation sites (N-methyl/N-ethyl adjacent to an activating group) is 1. The fourth-order valence-corrected chi connectivity index (χ4v) is 3.67. The number of hydrogen-bond acceptors (Lipinski definition) is 6. The van der Waals surface area contributed by atoms with Crippen molar-refractivity contribution in [3.63, 3.8) is 0 Å². The maximum absolute atomic E-state index is 12.8. The van der Waals surface area contributed by atoms with Crippen LogP contribution in [0.5, 0.6) is 11.5 Å². The van der Waals surface area contributed by atoms with Crippen molar-refractivity contribution < 1.29 is 19.1 Å². The topological polar surface area (TPSA) is 96.5 Å². The first-order valence-corrected chi connectivity index (χ1v) is 10.1. The average Bonchev–Trinajstić information content (AvgIpc) is 3.43. The molecule has 9 heteroatoms. The first-order valence-electron chi connectivity index (χ1n) is 9.22. The Morgan fingerprint density at radius 3 is 2.79 bits per heavy atom. The molecule has 3 aromatic rings. The molecular formula is C20H20N4O4S. The number of fused-ring (bicyclic) bond motifs is 1. The number of aromatic nitrogens is 2. The lowest BCUT2D eigenvalue weighted by Crippen LogP contribution is -2.38. The van der Waals surface area contributed by atoms with Crippen molar-refractivity contribution in [1.29, 1.82) is 0 Å². The van der Waals surface area contributed by atoms with Crippen LogP contribution >= 0.6 is 11.3 Å². The second-order valence-electron chi connectivity index (χ2n) is 6.37. The van der Waals surface area contributed by atoms with Crippen LogP contribution in [0.3, 0.4) is 0 Å². The van der Waals surface area contributed by atoms with Gasteiger partial charge < -0.3 is 19.7 Å². The van der Waals surface area contributed by atoms with E-state index in [1.165, 1.54) is 4.90 Å². The number of nitrogens with one attached hydrogen (secondary N) is 2. The van der Waals surface area contributed by atoms with E-state index in [4.69, 9.17) is 9.47 Å². The smallest absolute Gasteiger partial charge is 0.274 e. The number of aromatic amines is 1. The van der Waals surface area contributed by atoms with Gasteiger partial charge in [0.15, 0.2) is 17.2 Å². The number of thiophene rings is 1. The largest absolute Gasteiger partial charge is 0.486 e. The molecule has 150 valence electrons. The van der Waals surface area contributed by atoms with Gasteiger partial charge in [-0.3, -0.25) is 14.7 Å². The van der Waals surface area contributed by atoms with Crippen LogP contribution in [0.2, 0.25) is 0 Å². The summed E-state index contributed by atoms with van der Waals surface area (Å²) in [4.78, 5) is 27.7. The highest BCUT2D eigenvalue weighted by molar-refractivity contribution is 7.13. The molecule has 0 atom stereocenters. The molecule has 0 radical (unpaired) electrons. The van der Waals surface area contributed by atoms with Gasteiger partial charge >= 0.3 is 0 Å². The van der Waals surface area contributed by atoms with Crippen molar-refractivity contribution in [3.05, 3.63) is 47.5 Å². The molecule has 2 amide bonds. The molecule has 0 bridgehead atoms. The first kappa shape index (κ1) is 19.0. The van der Waals surface area contributed by atoms with Crippen LogP contribution in [0, 0.1) is 0 Å². The minimum Gasteiger partial charge on any atom is -0.486 e. The molecule has 0 aliphatic carbocycles. The van der Waals surface area contributed by atoms with Gasteiger partial charge in [0, 0.05) is 18.3 Å². The van der Waals surface area contributed by atoms with Gasteiger partial charge in [-0.2, -0.15) is 5.10 Å². The van der Waals surface area contributed by atoms with Crippen LogP contribution in [0.25, 0.3) is 10.6 Å². The van der Waals surface area contributed by atoms with Crippen LogP contribution in [-0.2, 0) is 4.79 Å². The summed E-state index contributed by atoms with van der Waals surface area (Å²) in [5.74, 6) is 0.643. The van der Waals surface area contributed by atoms with E-state index in [-0.39, 0.29) is 24.1 Å². The number of anilines is 1. The van der Waals surface area contributed by atoms with E-state index in [2.05, 4.69) is 15.5 Å². The van der Waals surface area contributed by atoms with Crippen molar-refractivity contribution in [2.24, 2.45) is 0 Å². The Morgan fingerprint density at radius 2 is 2.03 bits per heavy atom. The van der Waals surface area contributed by atoms with E-state index in [0.29, 0.717) is 36.9 Å². The number of carbonyl (C=O) groups is 2. The normalized spacial score (nSPS) is 12.4. The minimum atomic E-state index is -0.302. The molecule has 0 unspecified atom stereocenters. The van der Waals surface area contributed by atoms with Gasteiger partial charge in [-0.15, -0.1) is 11.3 Å².